The molecule has 0 bridgehead atoms. The van der Waals surface area contributed by atoms with E-state index in [0.29, 0.717) is 0 Å². The maximum Gasteiger partial charge on any atom is 0.160 e. The van der Waals surface area contributed by atoms with Gasteiger partial charge in [0.1, 0.15) is 5.82 Å². The minimum absolute atomic E-state index is 0.0559. The molecule has 6 heteroatoms. The summed E-state index contributed by atoms with van der Waals surface area (Å²) in [5.74, 6) is -2.90. The van der Waals surface area contributed by atoms with Gasteiger partial charge in [-0.2, -0.15) is 0 Å². The van der Waals surface area contributed by atoms with Crippen LogP contribution in [-0.4, -0.2) is 0 Å². The van der Waals surface area contributed by atoms with Crippen LogP contribution in [0.4, 0.5) is 13.2 Å². The van der Waals surface area contributed by atoms with Crippen LogP contribution in [0, 0.1) is 17.5 Å². The maximum absolute atomic E-state index is 13.8. The molecule has 1 unspecified atom stereocenters. The van der Waals surface area contributed by atoms with Crippen molar-refractivity contribution in [2.24, 2.45) is 5.73 Å². The molecule has 100 valence electrons. The fraction of sp³-hybridized carbons (Fsp3) is 0.0769. The van der Waals surface area contributed by atoms with Crippen LogP contribution < -0.4 is 5.73 Å². The lowest BCUT2D eigenvalue weighted by molar-refractivity contribution is 0.506. The first-order valence-electron chi connectivity index (χ1n) is 5.25. The Morgan fingerprint density at radius 2 is 1.53 bits per heavy atom. The van der Waals surface area contributed by atoms with Crippen molar-refractivity contribution >= 4 is 23.2 Å². The van der Waals surface area contributed by atoms with Crippen molar-refractivity contribution in [2.45, 2.75) is 6.04 Å². The van der Waals surface area contributed by atoms with Crippen LogP contribution in [0.2, 0.25) is 10.0 Å². The van der Waals surface area contributed by atoms with Crippen molar-refractivity contribution in [3.05, 3.63) is 69.0 Å². The molecule has 0 aliphatic carbocycles. The lowest BCUT2D eigenvalue weighted by Gasteiger charge is -2.16. The highest BCUT2D eigenvalue weighted by atomic mass is 35.5. The molecule has 2 aromatic rings. The van der Waals surface area contributed by atoms with Gasteiger partial charge >= 0.3 is 0 Å². The van der Waals surface area contributed by atoms with Gasteiger partial charge in [-0.15, -0.1) is 0 Å². The van der Waals surface area contributed by atoms with E-state index < -0.39 is 23.5 Å². The van der Waals surface area contributed by atoms with Gasteiger partial charge in [-0.1, -0.05) is 35.3 Å². The summed E-state index contributed by atoms with van der Waals surface area (Å²) in [7, 11) is 0. The van der Waals surface area contributed by atoms with Gasteiger partial charge in [0.05, 0.1) is 11.1 Å². The van der Waals surface area contributed by atoms with Crippen LogP contribution in [0.5, 0.6) is 0 Å². The molecule has 0 heterocycles. The summed E-state index contributed by atoms with van der Waals surface area (Å²) in [5, 5.41) is -0.183. The second kappa shape index (κ2) is 5.41. The molecule has 0 saturated heterocycles. The van der Waals surface area contributed by atoms with Crippen molar-refractivity contribution in [2.75, 3.05) is 0 Å². The number of hydrogen-bond acceptors (Lipinski definition) is 1. The van der Waals surface area contributed by atoms with Crippen molar-refractivity contribution in [1.82, 2.24) is 0 Å². The molecular formula is C13H8Cl2F3N. The number of benzene rings is 2. The van der Waals surface area contributed by atoms with Crippen molar-refractivity contribution < 1.29 is 13.2 Å². The molecule has 0 spiro atoms. The van der Waals surface area contributed by atoms with Crippen molar-refractivity contribution in [3.63, 3.8) is 0 Å². The molecule has 0 saturated carbocycles. The highest BCUT2D eigenvalue weighted by Gasteiger charge is 2.20. The Bertz CT molecular complexity index is 632. The molecular weight excluding hydrogens is 298 g/mol. The van der Waals surface area contributed by atoms with E-state index in [2.05, 4.69) is 0 Å². The van der Waals surface area contributed by atoms with E-state index in [4.69, 9.17) is 28.9 Å². The standard InChI is InChI=1S/C13H8Cl2F3N/c14-8-3-1-2-6(12(8)18)13(19)7-4-10(16)11(17)5-9(7)15/h1-5,13H,19H2. The molecule has 2 rings (SSSR count). The third-order valence-electron chi connectivity index (χ3n) is 2.69. The monoisotopic (exact) mass is 305 g/mol. The first kappa shape index (κ1) is 14.2. The van der Waals surface area contributed by atoms with Crippen LogP contribution in [0.15, 0.2) is 30.3 Å². The van der Waals surface area contributed by atoms with E-state index in [9.17, 15) is 13.2 Å². The van der Waals surface area contributed by atoms with Crippen LogP contribution in [-0.2, 0) is 0 Å². The zero-order valence-electron chi connectivity index (χ0n) is 9.43. The molecule has 1 nitrogen and oxygen atoms in total. The minimum Gasteiger partial charge on any atom is -0.320 e. The normalized spacial score (nSPS) is 12.5. The van der Waals surface area contributed by atoms with E-state index >= 15 is 0 Å². The zero-order chi connectivity index (χ0) is 14.2. The summed E-state index contributed by atoms with van der Waals surface area (Å²) < 4.78 is 40.0. The fourth-order valence-electron chi connectivity index (χ4n) is 1.70. The van der Waals surface area contributed by atoms with Gasteiger partial charge in [0.2, 0.25) is 0 Å². The molecule has 0 aliphatic rings. The van der Waals surface area contributed by atoms with Gasteiger partial charge in [-0.05, 0) is 23.8 Å². The maximum atomic E-state index is 13.8. The lowest BCUT2D eigenvalue weighted by Crippen LogP contribution is -2.15. The van der Waals surface area contributed by atoms with Gasteiger partial charge < -0.3 is 5.73 Å². The Morgan fingerprint density at radius 3 is 2.21 bits per heavy atom. The first-order valence-corrected chi connectivity index (χ1v) is 6.01. The van der Waals surface area contributed by atoms with Crippen LogP contribution in [0.25, 0.3) is 0 Å². The highest BCUT2D eigenvalue weighted by molar-refractivity contribution is 6.31. The highest BCUT2D eigenvalue weighted by Crippen LogP contribution is 2.31. The molecule has 0 aliphatic heterocycles. The van der Waals surface area contributed by atoms with Gasteiger partial charge in [0.15, 0.2) is 11.6 Å². The smallest absolute Gasteiger partial charge is 0.160 e. The largest absolute Gasteiger partial charge is 0.320 e. The number of hydrogen-bond donors (Lipinski definition) is 1. The zero-order valence-corrected chi connectivity index (χ0v) is 10.9. The van der Waals surface area contributed by atoms with Gasteiger partial charge in [-0.3, -0.25) is 0 Å². The molecule has 0 radical (unpaired) electrons. The Hall–Kier alpha value is -1.23. The Labute approximate surface area is 117 Å². The molecule has 0 aromatic heterocycles. The Morgan fingerprint density at radius 1 is 0.895 bits per heavy atom. The predicted octanol–water partition coefficient (Wildman–Crippen LogP) is 4.46. The van der Waals surface area contributed by atoms with Crippen LogP contribution in [0.1, 0.15) is 17.2 Å². The average Bonchev–Trinajstić information content (AvgIpc) is 2.36. The Kier molecular flexibility index (Phi) is 4.04. The average molecular weight is 306 g/mol. The van der Waals surface area contributed by atoms with Gasteiger partial charge in [-0.25, -0.2) is 13.2 Å². The van der Waals surface area contributed by atoms with Gasteiger partial charge in [0.25, 0.3) is 0 Å². The molecule has 19 heavy (non-hydrogen) atoms. The van der Waals surface area contributed by atoms with Gasteiger partial charge in [0, 0.05) is 10.6 Å². The molecule has 1 atom stereocenters. The molecule has 2 N–H and O–H groups in total. The van der Waals surface area contributed by atoms with E-state index in [-0.39, 0.29) is 21.2 Å². The lowest BCUT2D eigenvalue weighted by atomic mass is 9.99. The summed E-state index contributed by atoms with van der Waals surface area (Å²) in [5.41, 5.74) is 5.97. The fourth-order valence-corrected chi connectivity index (χ4v) is 2.15. The van der Waals surface area contributed by atoms with Crippen LogP contribution >= 0.6 is 23.2 Å². The second-order valence-electron chi connectivity index (χ2n) is 3.91. The van der Waals surface area contributed by atoms with Crippen molar-refractivity contribution in [3.8, 4) is 0 Å². The summed E-state index contributed by atoms with van der Waals surface area (Å²) in [6.45, 7) is 0. The third-order valence-corrected chi connectivity index (χ3v) is 3.31. The summed E-state index contributed by atoms with van der Waals surface area (Å²) in [6, 6.07) is 4.89. The molecule has 2 aromatic carbocycles. The van der Waals surface area contributed by atoms with E-state index in [1.807, 2.05) is 0 Å². The second-order valence-corrected chi connectivity index (χ2v) is 4.72. The van der Waals surface area contributed by atoms with E-state index in [1.54, 1.807) is 0 Å². The van der Waals surface area contributed by atoms with E-state index in [1.165, 1.54) is 18.2 Å². The predicted molar refractivity (Wildman–Crippen MR) is 68.8 cm³/mol. The molecule has 0 fully saturated rings. The molecule has 0 amide bonds. The number of nitrogens with two attached hydrogens (primary N) is 1. The SMILES string of the molecule is NC(c1cc(F)c(F)cc1Cl)c1cccc(Cl)c1F. The first-order chi connectivity index (χ1) is 8.91. The Balaban J connectivity index is 2.53. The summed E-state index contributed by atoms with van der Waals surface area (Å²) >= 11 is 11.4. The van der Waals surface area contributed by atoms with E-state index in [0.717, 1.165) is 12.1 Å². The summed E-state index contributed by atoms with van der Waals surface area (Å²) in [6.07, 6.45) is 0. The van der Waals surface area contributed by atoms with Crippen molar-refractivity contribution in [1.29, 1.82) is 0 Å². The third kappa shape index (κ3) is 2.71. The van der Waals surface area contributed by atoms with Crippen LogP contribution in [0.3, 0.4) is 0 Å². The topological polar surface area (TPSA) is 26.0 Å². The number of rotatable bonds is 2. The summed E-state index contributed by atoms with van der Waals surface area (Å²) in [4.78, 5) is 0. The quantitative estimate of drug-likeness (QED) is 0.815. The number of halogens is 5. The minimum atomic E-state index is -1.10.